The Morgan fingerprint density at radius 3 is 2.54 bits per heavy atom. The van der Waals surface area contributed by atoms with E-state index in [1.165, 1.54) is 12.8 Å². The van der Waals surface area contributed by atoms with Gasteiger partial charge in [0.2, 0.25) is 5.89 Å². The molecule has 1 aliphatic heterocycles. The molecule has 1 fully saturated rings. The van der Waals surface area contributed by atoms with E-state index in [1.54, 1.807) is 14.2 Å². The maximum Gasteiger partial charge on any atom is 0.208 e. The molecule has 0 bridgehead atoms. The Labute approximate surface area is 157 Å². The van der Waals surface area contributed by atoms with Gasteiger partial charge in [-0.05, 0) is 59.5 Å². The lowest BCUT2D eigenvalue weighted by Crippen LogP contribution is -2.47. The number of likely N-dealkylation sites (tertiary alicyclic amines) is 1. The number of aryl methyl sites for hydroxylation is 2. The number of hydrogen-bond acceptors (Lipinski definition) is 5. The minimum absolute atomic E-state index is 0.209. The topological polar surface area (TPSA) is 74.9 Å². The number of methoxy groups -OCH3 is 1. The number of aromatic nitrogens is 1. The van der Waals surface area contributed by atoms with E-state index in [1.807, 2.05) is 13.8 Å². The van der Waals surface area contributed by atoms with Gasteiger partial charge in [0.15, 0.2) is 5.96 Å². The van der Waals surface area contributed by atoms with E-state index in [9.17, 15) is 0 Å². The standard InChI is InChI=1S/C19H35N5O2/c1-14-15(2)26-17(23-14)12-24-9-7-16(8-10-24)11-21-18(20-5)22-13-19(3,4)25-6/h16H,7-13H2,1-6H3,(H2,20,21,22). The molecule has 0 aliphatic carbocycles. The van der Waals surface area contributed by atoms with Crippen molar-refractivity contribution in [2.45, 2.75) is 52.7 Å². The fourth-order valence-corrected chi connectivity index (χ4v) is 2.98. The van der Waals surface area contributed by atoms with E-state index in [-0.39, 0.29) is 5.60 Å². The summed E-state index contributed by atoms with van der Waals surface area (Å²) in [6.07, 6.45) is 2.35. The van der Waals surface area contributed by atoms with E-state index >= 15 is 0 Å². The molecule has 148 valence electrons. The summed E-state index contributed by atoms with van der Waals surface area (Å²) in [4.78, 5) is 11.2. The van der Waals surface area contributed by atoms with Crippen LogP contribution in [0.3, 0.4) is 0 Å². The second-order valence-electron chi connectivity index (χ2n) is 7.74. The van der Waals surface area contributed by atoms with Crippen LogP contribution in [0.25, 0.3) is 0 Å². The lowest BCUT2D eigenvalue weighted by atomic mass is 9.97. The Bertz CT molecular complexity index is 569. The van der Waals surface area contributed by atoms with Crippen molar-refractivity contribution in [1.82, 2.24) is 20.5 Å². The van der Waals surface area contributed by atoms with Gasteiger partial charge in [-0.2, -0.15) is 0 Å². The van der Waals surface area contributed by atoms with Crippen molar-refractivity contribution in [3.8, 4) is 0 Å². The molecule has 0 spiro atoms. The number of nitrogens with zero attached hydrogens (tertiary/aromatic N) is 3. The number of guanidine groups is 1. The van der Waals surface area contributed by atoms with Crippen LogP contribution in [0.1, 0.15) is 44.0 Å². The van der Waals surface area contributed by atoms with Crippen molar-refractivity contribution in [2.24, 2.45) is 10.9 Å². The van der Waals surface area contributed by atoms with Crippen LogP contribution in [0.4, 0.5) is 0 Å². The van der Waals surface area contributed by atoms with Crippen LogP contribution in [0.2, 0.25) is 0 Å². The van der Waals surface area contributed by atoms with Gasteiger partial charge in [-0.25, -0.2) is 4.98 Å². The summed E-state index contributed by atoms with van der Waals surface area (Å²) in [7, 11) is 3.53. The van der Waals surface area contributed by atoms with Crippen LogP contribution >= 0.6 is 0 Å². The Kier molecular flexibility index (Phi) is 7.46. The van der Waals surface area contributed by atoms with Crippen molar-refractivity contribution in [2.75, 3.05) is 40.3 Å². The van der Waals surface area contributed by atoms with Gasteiger partial charge in [0.05, 0.1) is 17.8 Å². The number of ether oxygens (including phenoxy) is 1. The maximum atomic E-state index is 5.70. The lowest BCUT2D eigenvalue weighted by Gasteiger charge is -2.31. The first-order chi connectivity index (χ1) is 12.3. The molecule has 0 unspecified atom stereocenters. The third-order valence-electron chi connectivity index (χ3n) is 5.15. The predicted molar refractivity (Wildman–Crippen MR) is 104 cm³/mol. The molecule has 7 heteroatoms. The van der Waals surface area contributed by atoms with Crippen LogP contribution in [-0.4, -0.2) is 61.8 Å². The second kappa shape index (κ2) is 9.37. The quantitative estimate of drug-likeness (QED) is 0.569. The SMILES string of the molecule is CN=C(NCC1CCN(Cc2nc(C)c(C)o2)CC1)NCC(C)(C)OC. The minimum atomic E-state index is -0.209. The monoisotopic (exact) mass is 365 g/mol. The third-order valence-corrected chi connectivity index (χ3v) is 5.15. The summed E-state index contributed by atoms with van der Waals surface area (Å²) in [6, 6.07) is 0. The van der Waals surface area contributed by atoms with Gasteiger partial charge in [0.1, 0.15) is 5.76 Å². The van der Waals surface area contributed by atoms with Crippen molar-refractivity contribution in [3.05, 3.63) is 17.3 Å². The number of hydrogen-bond donors (Lipinski definition) is 2. The Balaban J connectivity index is 1.69. The molecule has 1 aliphatic rings. The highest BCUT2D eigenvalue weighted by Gasteiger charge is 2.21. The Morgan fingerprint density at radius 1 is 1.31 bits per heavy atom. The Morgan fingerprint density at radius 2 is 2.00 bits per heavy atom. The number of nitrogens with one attached hydrogen (secondary N) is 2. The zero-order valence-corrected chi connectivity index (χ0v) is 17.2. The summed E-state index contributed by atoms with van der Waals surface area (Å²) >= 11 is 0. The molecule has 1 saturated heterocycles. The van der Waals surface area contributed by atoms with Crippen LogP contribution in [-0.2, 0) is 11.3 Å². The highest BCUT2D eigenvalue weighted by Crippen LogP contribution is 2.19. The number of aliphatic imine (C=N–C) groups is 1. The van der Waals surface area contributed by atoms with Gasteiger partial charge in [-0.3, -0.25) is 9.89 Å². The van der Waals surface area contributed by atoms with Gasteiger partial charge >= 0.3 is 0 Å². The lowest BCUT2D eigenvalue weighted by molar-refractivity contribution is 0.0268. The molecule has 2 heterocycles. The fourth-order valence-electron chi connectivity index (χ4n) is 2.98. The fraction of sp³-hybridized carbons (Fsp3) is 0.789. The highest BCUT2D eigenvalue weighted by molar-refractivity contribution is 5.79. The Hall–Kier alpha value is -1.60. The first-order valence-corrected chi connectivity index (χ1v) is 9.48. The van der Waals surface area contributed by atoms with Gasteiger partial charge < -0.3 is 19.8 Å². The second-order valence-corrected chi connectivity index (χ2v) is 7.74. The van der Waals surface area contributed by atoms with Gasteiger partial charge in [0.25, 0.3) is 0 Å². The molecule has 1 aromatic rings. The summed E-state index contributed by atoms with van der Waals surface area (Å²) in [6.45, 7) is 12.7. The van der Waals surface area contributed by atoms with E-state index in [2.05, 4.69) is 39.4 Å². The molecule has 0 amide bonds. The normalized spacial score (nSPS) is 17.5. The van der Waals surface area contributed by atoms with E-state index < -0.39 is 0 Å². The average Bonchev–Trinajstić information content (AvgIpc) is 2.94. The van der Waals surface area contributed by atoms with E-state index in [4.69, 9.17) is 9.15 Å². The molecule has 26 heavy (non-hydrogen) atoms. The van der Waals surface area contributed by atoms with Crippen LogP contribution in [0, 0.1) is 19.8 Å². The number of rotatable bonds is 7. The summed E-state index contributed by atoms with van der Waals surface area (Å²) in [5.41, 5.74) is 0.786. The zero-order valence-electron chi connectivity index (χ0n) is 17.2. The molecule has 0 radical (unpaired) electrons. The van der Waals surface area contributed by atoms with Crippen molar-refractivity contribution >= 4 is 5.96 Å². The van der Waals surface area contributed by atoms with Gasteiger partial charge in [-0.1, -0.05) is 0 Å². The van der Waals surface area contributed by atoms with Gasteiger partial charge in [-0.15, -0.1) is 0 Å². The summed E-state index contributed by atoms with van der Waals surface area (Å²) < 4.78 is 11.1. The van der Waals surface area contributed by atoms with Crippen LogP contribution in [0.15, 0.2) is 9.41 Å². The van der Waals surface area contributed by atoms with Crippen molar-refractivity contribution in [1.29, 1.82) is 0 Å². The summed E-state index contributed by atoms with van der Waals surface area (Å²) in [5.74, 6) is 3.26. The molecule has 7 nitrogen and oxygen atoms in total. The molecule has 0 atom stereocenters. The molecular weight excluding hydrogens is 330 g/mol. The summed E-state index contributed by atoms with van der Waals surface area (Å²) in [5, 5.41) is 6.78. The van der Waals surface area contributed by atoms with Crippen molar-refractivity contribution in [3.63, 3.8) is 0 Å². The molecule has 2 rings (SSSR count). The van der Waals surface area contributed by atoms with Crippen molar-refractivity contribution < 1.29 is 9.15 Å². The molecule has 1 aromatic heterocycles. The van der Waals surface area contributed by atoms with Gasteiger partial charge in [0, 0.05) is 27.2 Å². The number of oxazole rings is 1. The average molecular weight is 366 g/mol. The number of piperidine rings is 1. The first-order valence-electron chi connectivity index (χ1n) is 9.48. The zero-order chi connectivity index (χ0) is 19.2. The first kappa shape index (κ1) is 20.7. The minimum Gasteiger partial charge on any atom is -0.444 e. The van der Waals surface area contributed by atoms with E-state index in [0.29, 0.717) is 5.92 Å². The smallest absolute Gasteiger partial charge is 0.208 e. The molecular formula is C19H35N5O2. The van der Waals surface area contributed by atoms with Crippen LogP contribution in [0.5, 0.6) is 0 Å². The van der Waals surface area contributed by atoms with E-state index in [0.717, 1.165) is 56.0 Å². The molecule has 0 saturated carbocycles. The predicted octanol–water partition coefficient (Wildman–Crippen LogP) is 2.09. The third kappa shape index (κ3) is 6.29. The molecule has 0 aromatic carbocycles. The maximum absolute atomic E-state index is 5.70. The van der Waals surface area contributed by atoms with Crippen LogP contribution < -0.4 is 10.6 Å². The molecule has 2 N–H and O–H groups in total. The highest BCUT2D eigenvalue weighted by atomic mass is 16.5. The largest absolute Gasteiger partial charge is 0.444 e.